The Kier molecular flexibility index (Phi) is 6.91. The van der Waals surface area contributed by atoms with Crippen LogP contribution in [-0.2, 0) is 4.79 Å². The van der Waals surface area contributed by atoms with Crippen LogP contribution in [0.3, 0.4) is 0 Å². The van der Waals surface area contributed by atoms with Crippen molar-refractivity contribution in [3.63, 3.8) is 0 Å². The van der Waals surface area contributed by atoms with E-state index in [9.17, 15) is 4.79 Å². The highest BCUT2D eigenvalue weighted by Crippen LogP contribution is 2.32. The fourth-order valence-corrected chi connectivity index (χ4v) is 5.47. The Morgan fingerprint density at radius 3 is 2.56 bits per heavy atom. The fourth-order valence-electron chi connectivity index (χ4n) is 4.47. The Morgan fingerprint density at radius 1 is 1.09 bits per heavy atom. The van der Waals surface area contributed by atoms with E-state index in [0.717, 1.165) is 41.0 Å². The summed E-state index contributed by atoms with van der Waals surface area (Å²) in [4.78, 5) is 15.2. The number of piperidine rings is 1. The van der Waals surface area contributed by atoms with Crippen LogP contribution >= 0.6 is 23.4 Å². The van der Waals surface area contributed by atoms with Gasteiger partial charge >= 0.3 is 0 Å². The Labute approximate surface area is 199 Å². The molecule has 2 atom stereocenters. The third-order valence-corrected chi connectivity index (χ3v) is 7.28. The Balaban J connectivity index is 1.69. The first-order chi connectivity index (χ1) is 15.3. The summed E-state index contributed by atoms with van der Waals surface area (Å²) < 4.78 is 2.05. The van der Waals surface area contributed by atoms with Gasteiger partial charge in [0.05, 0.1) is 11.4 Å². The Hall–Kier alpha value is -2.31. The molecule has 0 unspecified atom stereocenters. The number of aromatic nitrogens is 3. The van der Waals surface area contributed by atoms with Crippen molar-refractivity contribution in [3.8, 4) is 17.1 Å². The molecule has 168 valence electrons. The van der Waals surface area contributed by atoms with E-state index in [-0.39, 0.29) is 18.0 Å². The van der Waals surface area contributed by atoms with Gasteiger partial charge in [-0.1, -0.05) is 47.6 Å². The van der Waals surface area contributed by atoms with Crippen LogP contribution in [0, 0.1) is 13.8 Å². The second-order valence-corrected chi connectivity index (χ2v) is 10.0. The molecule has 1 fully saturated rings. The first-order valence-corrected chi connectivity index (χ1v) is 12.4. The van der Waals surface area contributed by atoms with Gasteiger partial charge in [-0.15, -0.1) is 10.2 Å². The molecule has 4 rings (SSSR count). The summed E-state index contributed by atoms with van der Waals surface area (Å²) in [5, 5.41) is 10.3. The van der Waals surface area contributed by atoms with Crippen molar-refractivity contribution in [2.45, 2.75) is 64.2 Å². The zero-order valence-electron chi connectivity index (χ0n) is 19.0. The molecule has 5 nitrogen and oxygen atoms in total. The summed E-state index contributed by atoms with van der Waals surface area (Å²) in [6.45, 7) is 8.44. The van der Waals surface area contributed by atoms with Gasteiger partial charge in [0.25, 0.3) is 0 Å². The molecule has 1 aromatic heterocycles. The molecule has 0 aliphatic carbocycles. The minimum absolute atomic E-state index is 0.162. The van der Waals surface area contributed by atoms with E-state index in [1.165, 1.54) is 18.2 Å². The maximum Gasteiger partial charge on any atom is 0.233 e. The van der Waals surface area contributed by atoms with Crippen molar-refractivity contribution in [2.24, 2.45) is 0 Å². The standard InChI is InChI=1S/C25H29ClN4OS/c1-16-11-12-17(2)22(13-16)30-24(20-9-6-10-21(26)14-20)27-28-25(30)32-15-23(31)29-18(3)7-5-8-19(29)4/h6,9-14,18-19H,5,7-8,15H2,1-4H3/t18-,19-/m0/s1. The predicted octanol–water partition coefficient (Wildman–Crippen LogP) is 6.09. The zero-order valence-corrected chi connectivity index (χ0v) is 20.6. The van der Waals surface area contributed by atoms with Crippen LogP contribution < -0.4 is 0 Å². The first kappa shape index (κ1) is 22.9. The van der Waals surface area contributed by atoms with Crippen LogP contribution in [0.5, 0.6) is 0 Å². The summed E-state index contributed by atoms with van der Waals surface area (Å²) in [5.74, 6) is 1.22. The van der Waals surface area contributed by atoms with Crippen molar-refractivity contribution >= 4 is 29.3 Å². The molecule has 1 saturated heterocycles. The predicted molar refractivity (Wildman–Crippen MR) is 132 cm³/mol. The van der Waals surface area contributed by atoms with Gasteiger partial charge in [-0.25, -0.2) is 0 Å². The molecule has 2 heterocycles. The quantitative estimate of drug-likeness (QED) is 0.425. The monoisotopic (exact) mass is 468 g/mol. The van der Waals surface area contributed by atoms with Crippen molar-refractivity contribution in [3.05, 3.63) is 58.6 Å². The van der Waals surface area contributed by atoms with Gasteiger partial charge in [0.15, 0.2) is 11.0 Å². The highest BCUT2D eigenvalue weighted by molar-refractivity contribution is 7.99. The van der Waals surface area contributed by atoms with Crippen LogP contribution in [0.15, 0.2) is 47.6 Å². The van der Waals surface area contributed by atoms with Crippen molar-refractivity contribution < 1.29 is 4.79 Å². The van der Waals surface area contributed by atoms with E-state index in [1.807, 2.05) is 29.2 Å². The maximum atomic E-state index is 13.1. The summed E-state index contributed by atoms with van der Waals surface area (Å²) in [6.07, 6.45) is 3.32. The van der Waals surface area contributed by atoms with Crippen molar-refractivity contribution in [1.29, 1.82) is 0 Å². The van der Waals surface area contributed by atoms with E-state index < -0.39 is 0 Å². The minimum Gasteiger partial charge on any atom is -0.337 e. The van der Waals surface area contributed by atoms with Gasteiger partial charge in [0, 0.05) is 22.7 Å². The molecule has 3 aromatic rings. The molecule has 0 saturated carbocycles. The normalized spacial score (nSPS) is 18.7. The zero-order chi connectivity index (χ0) is 22.8. The molecule has 32 heavy (non-hydrogen) atoms. The van der Waals surface area contributed by atoms with Crippen LogP contribution in [-0.4, -0.2) is 43.4 Å². The van der Waals surface area contributed by atoms with Gasteiger partial charge in [-0.05, 0) is 76.3 Å². The topological polar surface area (TPSA) is 51.0 Å². The van der Waals surface area contributed by atoms with Crippen molar-refractivity contribution in [1.82, 2.24) is 19.7 Å². The van der Waals surface area contributed by atoms with Crippen LogP contribution in [0.25, 0.3) is 17.1 Å². The van der Waals surface area contributed by atoms with Gasteiger partial charge < -0.3 is 4.90 Å². The highest BCUT2D eigenvalue weighted by atomic mass is 35.5. The second-order valence-electron chi connectivity index (χ2n) is 8.66. The number of amides is 1. The first-order valence-electron chi connectivity index (χ1n) is 11.1. The van der Waals surface area contributed by atoms with Crippen molar-refractivity contribution in [2.75, 3.05) is 5.75 Å². The van der Waals surface area contributed by atoms with E-state index >= 15 is 0 Å². The number of hydrogen-bond acceptors (Lipinski definition) is 4. The summed E-state index contributed by atoms with van der Waals surface area (Å²) in [5.41, 5.74) is 4.17. The lowest BCUT2D eigenvalue weighted by Crippen LogP contribution is -2.48. The molecular formula is C25H29ClN4OS. The third kappa shape index (κ3) is 4.71. The number of thioether (sulfide) groups is 1. The van der Waals surface area contributed by atoms with Crippen LogP contribution in [0.2, 0.25) is 5.02 Å². The van der Waals surface area contributed by atoms with Gasteiger partial charge in [-0.3, -0.25) is 9.36 Å². The smallest absolute Gasteiger partial charge is 0.233 e. The average molecular weight is 469 g/mol. The lowest BCUT2D eigenvalue weighted by atomic mass is 9.98. The number of likely N-dealkylation sites (tertiary alicyclic amines) is 1. The number of carbonyl (C=O) groups excluding carboxylic acids is 1. The SMILES string of the molecule is Cc1ccc(C)c(-n2c(SCC(=O)N3[C@@H](C)CCC[C@@H]3C)nnc2-c2cccc(Cl)c2)c1. The number of hydrogen-bond donors (Lipinski definition) is 0. The molecule has 1 aliphatic rings. The van der Waals surface area contributed by atoms with Gasteiger partial charge in [0.1, 0.15) is 0 Å². The molecule has 7 heteroatoms. The summed E-state index contributed by atoms with van der Waals surface area (Å²) in [6, 6.07) is 14.5. The molecule has 0 bridgehead atoms. The van der Waals surface area contributed by atoms with E-state index in [1.54, 1.807) is 0 Å². The molecule has 0 radical (unpaired) electrons. The third-order valence-electron chi connectivity index (χ3n) is 6.13. The van der Waals surface area contributed by atoms with E-state index in [2.05, 4.69) is 60.7 Å². The molecular weight excluding hydrogens is 440 g/mol. The summed E-state index contributed by atoms with van der Waals surface area (Å²) >= 11 is 7.71. The number of halogens is 1. The molecule has 2 aromatic carbocycles. The molecule has 0 N–H and O–H groups in total. The van der Waals surface area contributed by atoms with Crippen LogP contribution in [0.4, 0.5) is 0 Å². The van der Waals surface area contributed by atoms with E-state index in [0.29, 0.717) is 15.9 Å². The second kappa shape index (κ2) is 9.67. The number of benzene rings is 2. The highest BCUT2D eigenvalue weighted by Gasteiger charge is 2.29. The van der Waals surface area contributed by atoms with E-state index in [4.69, 9.17) is 11.6 Å². The Morgan fingerprint density at radius 2 is 1.84 bits per heavy atom. The maximum absolute atomic E-state index is 13.1. The lowest BCUT2D eigenvalue weighted by molar-refractivity contribution is -0.134. The molecule has 1 amide bonds. The van der Waals surface area contributed by atoms with Gasteiger partial charge in [0.2, 0.25) is 5.91 Å². The largest absolute Gasteiger partial charge is 0.337 e. The van der Waals surface area contributed by atoms with Gasteiger partial charge in [-0.2, -0.15) is 0 Å². The molecule has 0 spiro atoms. The number of nitrogens with zero attached hydrogens (tertiary/aromatic N) is 4. The minimum atomic E-state index is 0.162. The molecule has 1 aliphatic heterocycles. The van der Waals surface area contributed by atoms with Crippen LogP contribution in [0.1, 0.15) is 44.2 Å². The fraction of sp³-hybridized carbons (Fsp3) is 0.400. The number of rotatable bonds is 5. The average Bonchev–Trinajstić information content (AvgIpc) is 3.17. The lowest BCUT2D eigenvalue weighted by Gasteiger charge is -2.39. The number of aryl methyl sites for hydroxylation is 2. The Bertz CT molecular complexity index is 1120. The number of carbonyl (C=O) groups is 1. The summed E-state index contributed by atoms with van der Waals surface area (Å²) in [7, 11) is 0.